The Morgan fingerprint density at radius 1 is 0.889 bits per heavy atom. The molecule has 3 aromatic rings. The molecule has 27 heavy (non-hydrogen) atoms. The first-order valence-electron chi connectivity index (χ1n) is 8.82. The lowest BCUT2D eigenvalue weighted by Crippen LogP contribution is -2.33. The van der Waals surface area contributed by atoms with Crippen LogP contribution in [0, 0.1) is 0 Å². The summed E-state index contributed by atoms with van der Waals surface area (Å²) in [6, 6.07) is 25.1. The zero-order valence-corrected chi connectivity index (χ0v) is 17.5. The molecule has 2 aliphatic heterocycles. The molecule has 0 saturated carbocycles. The van der Waals surface area contributed by atoms with Gasteiger partial charge < -0.3 is 4.74 Å². The van der Waals surface area contributed by atoms with Crippen molar-refractivity contribution >= 4 is 37.6 Å². The van der Waals surface area contributed by atoms with Crippen molar-refractivity contribution in [3.8, 4) is 5.75 Å². The van der Waals surface area contributed by atoms with Crippen LogP contribution < -0.4 is 4.74 Å². The molecule has 0 aliphatic carbocycles. The molecule has 5 heteroatoms. The molecule has 0 amide bonds. The highest BCUT2D eigenvalue weighted by Crippen LogP contribution is 2.47. The molecule has 2 heterocycles. The summed E-state index contributed by atoms with van der Waals surface area (Å²) in [5.41, 5.74) is 4.52. The van der Waals surface area contributed by atoms with Crippen LogP contribution in [0.3, 0.4) is 0 Å². The summed E-state index contributed by atoms with van der Waals surface area (Å²) >= 11 is 7.08. The minimum absolute atomic E-state index is 0.178. The van der Waals surface area contributed by atoms with Crippen molar-refractivity contribution in [1.82, 2.24) is 5.01 Å². The third-order valence-electron chi connectivity index (χ3n) is 5.01. The van der Waals surface area contributed by atoms with E-state index in [0.29, 0.717) is 0 Å². The van der Waals surface area contributed by atoms with Gasteiger partial charge in [-0.3, -0.25) is 0 Å². The van der Waals surface area contributed by atoms with E-state index in [1.165, 1.54) is 5.56 Å². The SMILES string of the molecule is Brc1ccc(C2=NN3C(C2)c2ccccc2OC3c2cccc(Br)c2)cc1. The van der Waals surface area contributed by atoms with Gasteiger partial charge in [0.1, 0.15) is 5.75 Å². The Morgan fingerprint density at radius 2 is 1.70 bits per heavy atom. The quantitative estimate of drug-likeness (QED) is 0.418. The lowest BCUT2D eigenvalue weighted by molar-refractivity contribution is -0.0190. The topological polar surface area (TPSA) is 24.8 Å². The molecule has 0 aromatic heterocycles. The summed E-state index contributed by atoms with van der Waals surface area (Å²) in [5, 5.41) is 7.10. The number of benzene rings is 3. The number of hydrogen-bond donors (Lipinski definition) is 0. The second kappa shape index (κ2) is 6.80. The largest absolute Gasteiger partial charge is 0.464 e. The predicted molar refractivity (Wildman–Crippen MR) is 114 cm³/mol. The second-order valence-corrected chi connectivity index (χ2v) is 8.55. The Bertz CT molecular complexity index is 1030. The van der Waals surface area contributed by atoms with Gasteiger partial charge in [0.2, 0.25) is 6.23 Å². The molecule has 5 rings (SSSR count). The Hall–Kier alpha value is -2.11. The van der Waals surface area contributed by atoms with E-state index in [9.17, 15) is 0 Å². The Morgan fingerprint density at radius 3 is 2.52 bits per heavy atom. The van der Waals surface area contributed by atoms with Crippen LogP contribution in [-0.2, 0) is 0 Å². The van der Waals surface area contributed by atoms with Gasteiger partial charge in [0.25, 0.3) is 0 Å². The number of nitrogens with zero attached hydrogens (tertiary/aromatic N) is 2. The first kappa shape index (κ1) is 17.0. The van der Waals surface area contributed by atoms with Gasteiger partial charge >= 0.3 is 0 Å². The lowest BCUT2D eigenvalue weighted by Gasteiger charge is -2.38. The fraction of sp³-hybridized carbons (Fsp3) is 0.136. The van der Waals surface area contributed by atoms with Crippen molar-refractivity contribution in [2.45, 2.75) is 18.7 Å². The highest BCUT2D eigenvalue weighted by atomic mass is 79.9. The number of halogens is 2. The van der Waals surface area contributed by atoms with Crippen molar-refractivity contribution in [3.63, 3.8) is 0 Å². The van der Waals surface area contributed by atoms with Crippen LogP contribution in [0.5, 0.6) is 5.75 Å². The summed E-state index contributed by atoms with van der Waals surface area (Å²) in [7, 11) is 0. The molecule has 0 fully saturated rings. The van der Waals surface area contributed by atoms with E-state index in [1.54, 1.807) is 0 Å². The first-order valence-corrected chi connectivity index (χ1v) is 10.4. The number of ether oxygens (including phenoxy) is 1. The van der Waals surface area contributed by atoms with Crippen LogP contribution in [0.2, 0.25) is 0 Å². The highest BCUT2D eigenvalue weighted by molar-refractivity contribution is 9.10. The molecule has 134 valence electrons. The summed E-state index contributed by atoms with van der Waals surface area (Å²) in [6.45, 7) is 0. The van der Waals surface area contributed by atoms with Crippen LogP contribution in [0.1, 0.15) is 35.4 Å². The Balaban J connectivity index is 1.60. The average molecular weight is 484 g/mol. The van der Waals surface area contributed by atoms with Crippen molar-refractivity contribution in [1.29, 1.82) is 0 Å². The van der Waals surface area contributed by atoms with Crippen LogP contribution in [-0.4, -0.2) is 10.7 Å². The molecule has 3 nitrogen and oxygen atoms in total. The monoisotopic (exact) mass is 482 g/mol. The molecule has 0 radical (unpaired) electrons. The molecule has 0 saturated heterocycles. The molecule has 0 N–H and O–H groups in total. The van der Waals surface area contributed by atoms with E-state index in [1.807, 2.05) is 18.2 Å². The standard InChI is InChI=1S/C22H16Br2N2O/c23-16-10-8-14(9-11-16)19-13-20-18-6-1-2-7-21(18)27-22(26(20)25-19)15-4-3-5-17(24)12-15/h1-12,20,22H,13H2. The van der Waals surface area contributed by atoms with Gasteiger partial charge in [-0.15, -0.1) is 0 Å². The zero-order chi connectivity index (χ0) is 18.4. The van der Waals surface area contributed by atoms with Gasteiger partial charge in [0.05, 0.1) is 11.8 Å². The summed E-state index contributed by atoms with van der Waals surface area (Å²) < 4.78 is 8.49. The van der Waals surface area contributed by atoms with Crippen molar-refractivity contribution < 1.29 is 4.74 Å². The number of fused-ring (bicyclic) bond motifs is 3. The molecule has 2 atom stereocenters. The van der Waals surface area contributed by atoms with Gasteiger partial charge in [-0.25, -0.2) is 5.01 Å². The van der Waals surface area contributed by atoms with Crippen molar-refractivity contribution in [2.75, 3.05) is 0 Å². The van der Waals surface area contributed by atoms with Crippen molar-refractivity contribution in [3.05, 3.63) is 98.4 Å². The Labute approximate surface area is 174 Å². The number of rotatable bonds is 2. The maximum absolute atomic E-state index is 6.38. The fourth-order valence-electron chi connectivity index (χ4n) is 3.73. The third kappa shape index (κ3) is 3.09. The van der Waals surface area contributed by atoms with Crippen LogP contribution in [0.15, 0.2) is 86.8 Å². The summed E-state index contributed by atoms with van der Waals surface area (Å²) in [6.07, 6.45) is 0.627. The van der Waals surface area contributed by atoms with Crippen LogP contribution in [0.25, 0.3) is 0 Å². The Kier molecular flexibility index (Phi) is 4.29. The van der Waals surface area contributed by atoms with Gasteiger partial charge in [-0.1, -0.05) is 74.3 Å². The van der Waals surface area contributed by atoms with Gasteiger partial charge in [-0.2, -0.15) is 5.10 Å². The van der Waals surface area contributed by atoms with E-state index in [0.717, 1.165) is 38.0 Å². The maximum atomic E-state index is 6.38. The van der Waals surface area contributed by atoms with Gasteiger partial charge in [0, 0.05) is 26.5 Å². The highest BCUT2D eigenvalue weighted by Gasteiger charge is 2.40. The normalized spacial score (nSPS) is 20.5. The summed E-state index contributed by atoms with van der Waals surface area (Å²) in [5.74, 6) is 0.941. The number of para-hydroxylation sites is 1. The first-order chi connectivity index (χ1) is 13.2. The maximum Gasteiger partial charge on any atom is 0.213 e. The molecule has 0 bridgehead atoms. The summed E-state index contributed by atoms with van der Waals surface area (Å²) in [4.78, 5) is 0. The van der Waals surface area contributed by atoms with Crippen molar-refractivity contribution in [2.24, 2.45) is 5.10 Å². The molecular weight excluding hydrogens is 468 g/mol. The van der Waals surface area contributed by atoms with E-state index < -0.39 is 0 Å². The molecule has 3 aromatic carbocycles. The minimum Gasteiger partial charge on any atom is -0.464 e. The van der Waals surface area contributed by atoms with Gasteiger partial charge in [0.15, 0.2) is 0 Å². The van der Waals surface area contributed by atoms with E-state index in [-0.39, 0.29) is 12.3 Å². The molecule has 0 spiro atoms. The van der Waals surface area contributed by atoms with E-state index in [2.05, 4.69) is 91.5 Å². The van der Waals surface area contributed by atoms with E-state index >= 15 is 0 Å². The second-order valence-electron chi connectivity index (χ2n) is 6.72. The lowest BCUT2D eigenvalue weighted by atomic mass is 9.96. The molecule has 2 unspecified atom stereocenters. The smallest absolute Gasteiger partial charge is 0.213 e. The molecule has 2 aliphatic rings. The fourth-order valence-corrected chi connectivity index (χ4v) is 4.41. The zero-order valence-electron chi connectivity index (χ0n) is 14.3. The third-order valence-corrected chi connectivity index (χ3v) is 6.03. The van der Waals surface area contributed by atoms with Crippen LogP contribution >= 0.6 is 31.9 Å². The number of hydrogen-bond acceptors (Lipinski definition) is 3. The van der Waals surface area contributed by atoms with Gasteiger partial charge in [-0.05, 0) is 35.9 Å². The van der Waals surface area contributed by atoms with Crippen LogP contribution in [0.4, 0.5) is 0 Å². The molecular formula is C22H16Br2N2O. The average Bonchev–Trinajstić information content (AvgIpc) is 3.13. The minimum atomic E-state index is -0.240. The van der Waals surface area contributed by atoms with E-state index in [4.69, 9.17) is 9.84 Å². The number of hydrazone groups is 1. The predicted octanol–water partition coefficient (Wildman–Crippen LogP) is 6.45.